The van der Waals surface area contributed by atoms with Crippen LogP contribution in [-0.4, -0.2) is 29.3 Å². The lowest BCUT2D eigenvalue weighted by Crippen LogP contribution is -2.29. The molecule has 2 aromatic heterocycles. The number of pyridine rings is 1. The van der Waals surface area contributed by atoms with Crippen LogP contribution in [-0.2, 0) is 16.6 Å². The van der Waals surface area contributed by atoms with Crippen LogP contribution in [0.2, 0.25) is 0 Å². The van der Waals surface area contributed by atoms with E-state index < -0.39 is 10.0 Å². The molecule has 2 aromatic carbocycles. The van der Waals surface area contributed by atoms with Crippen molar-refractivity contribution >= 4 is 38.7 Å². The quantitative estimate of drug-likeness (QED) is 0.323. The van der Waals surface area contributed by atoms with Gasteiger partial charge in [0.15, 0.2) is 5.11 Å². The molecule has 0 bridgehead atoms. The van der Waals surface area contributed by atoms with Gasteiger partial charge in [0.1, 0.15) is 0 Å². The second-order valence-corrected chi connectivity index (χ2v) is 11.5. The average Bonchev–Trinajstić information content (AvgIpc) is 3.36. The van der Waals surface area contributed by atoms with Crippen molar-refractivity contribution in [2.75, 3.05) is 15.9 Å². The third-order valence-electron chi connectivity index (χ3n) is 6.66. The zero-order valence-corrected chi connectivity index (χ0v) is 22.6. The standard InChI is InChI=1S/C28H29N5O2S2/c1-19-17-24(20(2)32(19)18-21-9-5-4-6-10-21)27-26(25-11-7-8-16-29-25)30-28(36)33(27)23-14-12-22(13-15-23)31-37(3,34)35/h4-17,26-27,31H,18H2,1-3H3,(H,30,36)/t26-,27-/m1/s1. The van der Waals surface area contributed by atoms with E-state index in [2.05, 4.69) is 68.7 Å². The van der Waals surface area contributed by atoms with Crippen molar-refractivity contribution in [2.24, 2.45) is 0 Å². The number of hydrogen-bond donors (Lipinski definition) is 2. The van der Waals surface area contributed by atoms with Gasteiger partial charge >= 0.3 is 0 Å². The third kappa shape index (κ3) is 5.23. The molecule has 1 aliphatic heterocycles. The van der Waals surface area contributed by atoms with E-state index in [1.807, 2.05) is 36.4 Å². The minimum Gasteiger partial charge on any atom is -0.351 e. The van der Waals surface area contributed by atoms with Crippen LogP contribution >= 0.6 is 12.2 Å². The Bertz CT molecular complexity index is 1520. The minimum absolute atomic E-state index is 0.146. The van der Waals surface area contributed by atoms with E-state index in [-0.39, 0.29) is 12.1 Å². The maximum absolute atomic E-state index is 11.7. The summed E-state index contributed by atoms with van der Waals surface area (Å²) in [7, 11) is -3.36. The molecule has 0 saturated carbocycles. The number of thiocarbonyl (C=S) groups is 1. The van der Waals surface area contributed by atoms with Crippen LogP contribution in [0.25, 0.3) is 0 Å². The van der Waals surface area contributed by atoms with Gasteiger partial charge in [0.05, 0.1) is 24.0 Å². The largest absolute Gasteiger partial charge is 0.351 e. The Hall–Kier alpha value is -3.69. The maximum atomic E-state index is 11.7. The Labute approximate surface area is 223 Å². The summed E-state index contributed by atoms with van der Waals surface area (Å²) in [4.78, 5) is 6.75. The van der Waals surface area contributed by atoms with Crippen LogP contribution in [0.3, 0.4) is 0 Å². The number of aryl methyl sites for hydroxylation is 1. The molecule has 1 aliphatic rings. The van der Waals surface area contributed by atoms with Gasteiger partial charge in [0.2, 0.25) is 10.0 Å². The van der Waals surface area contributed by atoms with Crippen molar-refractivity contribution in [3.8, 4) is 0 Å². The number of rotatable bonds is 7. The molecular formula is C28H29N5O2S2. The van der Waals surface area contributed by atoms with Crippen LogP contribution in [0.15, 0.2) is 85.1 Å². The number of benzene rings is 2. The first kappa shape index (κ1) is 25.0. The van der Waals surface area contributed by atoms with Gasteiger partial charge in [-0.05, 0) is 79.7 Å². The second kappa shape index (κ2) is 9.99. The number of hydrogen-bond acceptors (Lipinski definition) is 4. The third-order valence-corrected chi connectivity index (χ3v) is 7.58. The summed E-state index contributed by atoms with van der Waals surface area (Å²) in [6, 6.07) is 25.5. The molecular weight excluding hydrogens is 502 g/mol. The molecule has 9 heteroatoms. The van der Waals surface area contributed by atoms with Gasteiger partial charge in [-0.1, -0.05) is 36.4 Å². The summed E-state index contributed by atoms with van der Waals surface area (Å²) in [6.07, 6.45) is 2.93. The molecule has 0 amide bonds. The van der Waals surface area contributed by atoms with Crippen LogP contribution < -0.4 is 14.9 Å². The summed E-state index contributed by atoms with van der Waals surface area (Å²) in [5.41, 5.74) is 7.01. The molecule has 0 radical (unpaired) electrons. The van der Waals surface area contributed by atoms with E-state index in [9.17, 15) is 8.42 Å². The van der Waals surface area contributed by atoms with Crippen LogP contribution in [0.5, 0.6) is 0 Å². The first-order valence-electron chi connectivity index (χ1n) is 12.0. The Balaban J connectivity index is 1.58. The van der Waals surface area contributed by atoms with Crippen molar-refractivity contribution in [3.63, 3.8) is 0 Å². The predicted octanol–water partition coefficient (Wildman–Crippen LogP) is 5.10. The fourth-order valence-electron chi connectivity index (χ4n) is 4.99. The van der Waals surface area contributed by atoms with Crippen molar-refractivity contribution in [3.05, 3.63) is 113 Å². The molecule has 4 aromatic rings. The molecule has 3 heterocycles. The molecule has 0 unspecified atom stereocenters. The molecule has 2 atom stereocenters. The highest BCUT2D eigenvalue weighted by atomic mass is 32.2. The van der Waals surface area contributed by atoms with Crippen molar-refractivity contribution in [2.45, 2.75) is 32.5 Å². The second-order valence-electron chi connectivity index (χ2n) is 9.32. The Kier molecular flexibility index (Phi) is 6.74. The molecule has 1 saturated heterocycles. The number of nitrogens with zero attached hydrogens (tertiary/aromatic N) is 3. The van der Waals surface area contributed by atoms with Crippen LogP contribution in [0, 0.1) is 13.8 Å². The fourth-order valence-corrected chi connectivity index (χ4v) is 5.90. The summed E-state index contributed by atoms with van der Waals surface area (Å²) in [5.74, 6) is 0. The number of anilines is 2. The average molecular weight is 532 g/mol. The van der Waals surface area contributed by atoms with Gasteiger partial charge in [-0.15, -0.1) is 0 Å². The first-order chi connectivity index (χ1) is 17.7. The van der Waals surface area contributed by atoms with Crippen LogP contribution in [0.4, 0.5) is 11.4 Å². The predicted molar refractivity (Wildman–Crippen MR) is 152 cm³/mol. The highest BCUT2D eigenvalue weighted by Crippen LogP contribution is 2.43. The van der Waals surface area contributed by atoms with Crippen molar-refractivity contribution in [1.82, 2.24) is 14.9 Å². The molecule has 2 N–H and O–H groups in total. The lowest BCUT2D eigenvalue weighted by Gasteiger charge is -2.28. The van der Waals surface area contributed by atoms with Gasteiger partial charge in [0.25, 0.3) is 0 Å². The molecule has 0 spiro atoms. The SMILES string of the molecule is Cc1cc([C@@H]2[C@@H](c3ccccn3)NC(=S)N2c2ccc(NS(C)(=O)=O)cc2)c(C)n1Cc1ccccc1. The summed E-state index contributed by atoms with van der Waals surface area (Å²) < 4.78 is 28.2. The number of aromatic nitrogens is 2. The zero-order chi connectivity index (χ0) is 26.2. The molecule has 0 aliphatic carbocycles. The van der Waals surface area contributed by atoms with Gasteiger partial charge in [-0.25, -0.2) is 8.42 Å². The maximum Gasteiger partial charge on any atom is 0.229 e. The van der Waals surface area contributed by atoms with E-state index in [1.165, 1.54) is 17.0 Å². The molecule has 5 rings (SSSR count). The smallest absolute Gasteiger partial charge is 0.229 e. The van der Waals surface area contributed by atoms with E-state index in [0.29, 0.717) is 10.8 Å². The first-order valence-corrected chi connectivity index (χ1v) is 14.3. The number of nitrogens with one attached hydrogen (secondary N) is 2. The summed E-state index contributed by atoms with van der Waals surface area (Å²) >= 11 is 5.85. The Morgan fingerprint density at radius 3 is 2.35 bits per heavy atom. The lowest BCUT2D eigenvalue weighted by atomic mass is 9.96. The number of sulfonamides is 1. The molecule has 1 fully saturated rings. The topological polar surface area (TPSA) is 79.3 Å². The van der Waals surface area contributed by atoms with Gasteiger partial charge < -0.3 is 14.8 Å². The molecule has 7 nitrogen and oxygen atoms in total. The Morgan fingerprint density at radius 2 is 1.70 bits per heavy atom. The van der Waals surface area contributed by atoms with E-state index >= 15 is 0 Å². The zero-order valence-electron chi connectivity index (χ0n) is 20.9. The normalized spacial score (nSPS) is 17.6. The molecule has 37 heavy (non-hydrogen) atoms. The lowest BCUT2D eigenvalue weighted by molar-refractivity contribution is 0.563. The fraction of sp³-hybridized carbons (Fsp3) is 0.214. The van der Waals surface area contributed by atoms with Gasteiger partial charge in [0, 0.05) is 35.5 Å². The monoisotopic (exact) mass is 531 g/mol. The van der Waals surface area contributed by atoms with Gasteiger partial charge in [-0.2, -0.15) is 0 Å². The van der Waals surface area contributed by atoms with Crippen molar-refractivity contribution in [1.29, 1.82) is 0 Å². The van der Waals surface area contributed by atoms with E-state index in [0.717, 1.165) is 29.7 Å². The highest BCUT2D eigenvalue weighted by molar-refractivity contribution is 7.92. The van der Waals surface area contributed by atoms with E-state index in [4.69, 9.17) is 12.2 Å². The Morgan fingerprint density at radius 1 is 1.00 bits per heavy atom. The van der Waals surface area contributed by atoms with Crippen molar-refractivity contribution < 1.29 is 8.42 Å². The molecule has 190 valence electrons. The van der Waals surface area contributed by atoms with Gasteiger partial charge in [-0.3, -0.25) is 9.71 Å². The summed E-state index contributed by atoms with van der Waals surface area (Å²) in [5, 5.41) is 4.09. The van der Waals surface area contributed by atoms with E-state index in [1.54, 1.807) is 18.3 Å². The minimum atomic E-state index is -3.36. The summed E-state index contributed by atoms with van der Waals surface area (Å²) in [6.45, 7) is 5.06. The highest BCUT2D eigenvalue weighted by Gasteiger charge is 2.42. The van der Waals surface area contributed by atoms with Crippen LogP contribution in [0.1, 0.15) is 40.3 Å².